The number of carbonyl (C=O) groups excluding carboxylic acids is 1. The smallest absolute Gasteiger partial charge is 0.333 e. The van der Waals surface area contributed by atoms with Crippen molar-refractivity contribution in [1.82, 2.24) is 5.43 Å². The number of nitrogens with two attached hydrogens (primary N) is 2. The van der Waals surface area contributed by atoms with Crippen molar-refractivity contribution in [2.24, 2.45) is 11.0 Å². The summed E-state index contributed by atoms with van der Waals surface area (Å²) in [7, 11) is 0. The topological polar surface area (TPSA) is 143 Å². The second-order valence-electron chi connectivity index (χ2n) is 5.93. The van der Waals surface area contributed by atoms with Crippen LogP contribution in [0.15, 0.2) is 24.3 Å². The summed E-state index contributed by atoms with van der Waals surface area (Å²) in [6.07, 6.45) is -5.13. The third-order valence-electron chi connectivity index (χ3n) is 4.12. The number of rotatable bonds is 6. The number of halogens is 2. The van der Waals surface area contributed by atoms with Gasteiger partial charge < -0.3 is 20.3 Å². The third-order valence-corrected chi connectivity index (χ3v) is 4.59. The molecular formula is C15H22F2N4O4S. The highest BCUT2D eigenvalue weighted by atomic mass is 32.2. The zero-order valence-corrected chi connectivity index (χ0v) is 14.6. The molecule has 0 radical (unpaired) electrons. The lowest BCUT2D eigenvalue weighted by Crippen LogP contribution is -2.55. The Morgan fingerprint density at radius 1 is 1.35 bits per heavy atom. The predicted octanol–water partition coefficient (Wildman–Crippen LogP) is 0.650. The number of alkyl halides is 2. The van der Waals surface area contributed by atoms with E-state index in [0.29, 0.717) is 12.2 Å². The van der Waals surface area contributed by atoms with Gasteiger partial charge in [0.25, 0.3) is 0 Å². The Bertz CT molecular complexity index is 608. The molecule has 1 aliphatic heterocycles. The van der Waals surface area contributed by atoms with Gasteiger partial charge in [0.15, 0.2) is 6.10 Å². The quantitative estimate of drug-likeness (QED) is 0.181. The number of urea groups is 1. The molecule has 4 unspecified atom stereocenters. The van der Waals surface area contributed by atoms with Crippen LogP contribution in [0.3, 0.4) is 0 Å². The first kappa shape index (κ1) is 20.8. The van der Waals surface area contributed by atoms with Gasteiger partial charge in [-0.15, -0.1) is 0 Å². The first-order valence-electron chi connectivity index (χ1n) is 7.88. The number of hydrazine groups is 1. The molecule has 1 aliphatic rings. The van der Waals surface area contributed by atoms with Crippen LogP contribution in [0.5, 0.6) is 0 Å². The summed E-state index contributed by atoms with van der Waals surface area (Å²) in [5.41, 5.74) is 1.70. The SMILES string of the molecule is NNC(=O)Nc1ccc(C(F)(F)C2OC(CCSN)CC(O)C2O)cc1. The minimum Gasteiger partial charge on any atom is -0.390 e. The van der Waals surface area contributed by atoms with Gasteiger partial charge in [-0.1, -0.05) is 24.1 Å². The maximum Gasteiger partial charge on any atom is 0.333 e. The molecular weight excluding hydrogens is 370 g/mol. The van der Waals surface area contributed by atoms with E-state index < -0.39 is 41.9 Å². The van der Waals surface area contributed by atoms with E-state index in [0.717, 1.165) is 24.1 Å². The van der Waals surface area contributed by atoms with Gasteiger partial charge in [0.1, 0.15) is 6.10 Å². The van der Waals surface area contributed by atoms with E-state index in [2.05, 4.69) is 5.32 Å². The largest absolute Gasteiger partial charge is 0.390 e. The lowest BCUT2D eigenvalue weighted by atomic mass is 9.90. The van der Waals surface area contributed by atoms with Gasteiger partial charge in [-0.05, 0) is 18.6 Å². The number of hydrogen-bond acceptors (Lipinski definition) is 7. The van der Waals surface area contributed by atoms with Crippen molar-refractivity contribution in [3.8, 4) is 0 Å². The number of ether oxygens (including phenoxy) is 1. The Morgan fingerprint density at radius 3 is 2.58 bits per heavy atom. The molecule has 0 aromatic heterocycles. The fourth-order valence-corrected chi connectivity index (χ4v) is 3.15. The van der Waals surface area contributed by atoms with Crippen LogP contribution in [0.2, 0.25) is 0 Å². The lowest BCUT2D eigenvalue weighted by Gasteiger charge is -2.40. The molecule has 11 heteroatoms. The first-order valence-corrected chi connectivity index (χ1v) is 8.93. The summed E-state index contributed by atoms with van der Waals surface area (Å²) in [4.78, 5) is 11.1. The van der Waals surface area contributed by atoms with E-state index in [9.17, 15) is 23.8 Å². The Balaban J connectivity index is 2.16. The fourth-order valence-electron chi connectivity index (χ4n) is 2.75. The second kappa shape index (κ2) is 8.93. The molecule has 146 valence electrons. The predicted molar refractivity (Wildman–Crippen MR) is 93.2 cm³/mol. The Kier molecular flexibility index (Phi) is 7.15. The maximum absolute atomic E-state index is 14.9. The third kappa shape index (κ3) is 4.81. The average molecular weight is 392 g/mol. The molecule has 1 aromatic carbocycles. The number of hydrogen-bond donors (Lipinski definition) is 6. The van der Waals surface area contributed by atoms with Crippen LogP contribution in [0.4, 0.5) is 19.3 Å². The number of anilines is 1. The van der Waals surface area contributed by atoms with E-state index in [-0.39, 0.29) is 12.1 Å². The average Bonchev–Trinajstić information content (AvgIpc) is 2.62. The summed E-state index contributed by atoms with van der Waals surface area (Å²) in [5, 5.41) is 27.6. The van der Waals surface area contributed by atoms with Gasteiger partial charge in [-0.25, -0.2) is 10.6 Å². The van der Waals surface area contributed by atoms with Crippen molar-refractivity contribution in [3.63, 3.8) is 0 Å². The molecule has 4 atom stereocenters. The van der Waals surface area contributed by atoms with Crippen molar-refractivity contribution in [3.05, 3.63) is 29.8 Å². The van der Waals surface area contributed by atoms with Gasteiger partial charge in [0.2, 0.25) is 0 Å². The maximum atomic E-state index is 14.9. The molecule has 8 nitrogen and oxygen atoms in total. The molecule has 2 rings (SSSR count). The van der Waals surface area contributed by atoms with E-state index in [1.165, 1.54) is 12.1 Å². The number of benzene rings is 1. The van der Waals surface area contributed by atoms with E-state index in [4.69, 9.17) is 15.7 Å². The monoisotopic (exact) mass is 392 g/mol. The number of aliphatic hydroxyl groups is 2. The summed E-state index contributed by atoms with van der Waals surface area (Å²) in [6.45, 7) is 0. The molecule has 26 heavy (non-hydrogen) atoms. The number of carbonyl (C=O) groups is 1. The van der Waals surface area contributed by atoms with Crippen LogP contribution in [-0.2, 0) is 10.7 Å². The Morgan fingerprint density at radius 2 is 2.00 bits per heavy atom. The molecule has 1 heterocycles. The van der Waals surface area contributed by atoms with Gasteiger partial charge in [-0.3, -0.25) is 10.6 Å². The molecule has 8 N–H and O–H groups in total. The molecule has 0 saturated carbocycles. The molecule has 1 fully saturated rings. The highest BCUT2D eigenvalue weighted by Gasteiger charge is 2.52. The number of amides is 2. The minimum atomic E-state index is -3.55. The summed E-state index contributed by atoms with van der Waals surface area (Å²) in [5.74, 6) is 1.86. The molecule has 2 amide bonds. The molecule has 0 aliphatic carbocycles. The molecule has 0 spiro atoms. The van der Waals surface area contributed by atoms with E-state index in [1.807, 2.05) is 5.43 Å². The summed E-state index contributed by atoms with van der Waals surface area (Å²) < 4.78 is 35.1. The Labute approximate surface area is 153 Å². The zero-order valence-electron chi connectivity index (χ0n) is 13.8. The van der Waals surface area contributed by atoms with Crippen molar-refractivity contribution in [2.45, 2.75) is 43.2 Å². The van der Waals surface area contributed by atoms with Crippen LogP contribution in [0, 0.1) is 0 Å². The van der Waals surface area contributed by atoms with Gasteiger partial charge in [-0.2, -0.15) is 8.78 Å². The van der Waals surface area contributed by atoms with E-state index in [1.54, 1.807) is 0 Å². The van der Waals surface area contributed by atoms with Crippen molar-refractivity contribution < 1.29 is 28.5 Å². The van der Waals surface area contributed by atoms with E-state index >= 15 is 0 Å². The molecule has 1 aromatic rings. The van der Waals surface area contributed by atoms with Gasteiger partial charge in [0, 0.05) is 23.4 Å². The summed E-state index contributed by atoms with van der Waals surface area (Å²) >= 11 is 1.05. The highest BCUT2D eigenvalue weighted by Crippen LogP contribution is 2.40. The first-order chi connectivity index (χ1) is 12.3. The lowest BCUT2D eigenvalue weighted by molar-refractivity contribution is -0.249. The minimum absolute atomic E-state index is 0.0609. The van der Waals surface area contributed by atoms with Crippen LogP contribution in [-0.4, -0.2) is 46.4 Å². The normalized spacial score (nSPS) is 26.4. The van der Waals surface area contributed by atoms with Gasteiger partial charge in [0.05, 0.1) is 12.2 Å². The van der Waals surface area contributed by atoms with Crippen LogP contribution in [0.1, 0.15) is 18.4 Å². The number of aliphatic hydroxyl groups excluding tert-OH is 2. The molecule has 0 bridgehead atoms. The second-order valence-corrected chi connectivity index (χ2v) is 6.67. The van der Waals surface area contributed by atoms with Crippen molar-refractivity contribution >= 4 is 23.7 Å². The standard InChI is InChI=1S/C15H22F2N4O4S/c16-15(17,8-1-3-9(4-2-8)20-14(24)21-18)13-12(23)11(22)7-10(25-13)5-6-26-19/h1-4,10-13,22-23H,5-7,18-19H2,(H2,20,21,24). The number of nitrogens with one attached hydrogen (secondary N) is 2. The molecule has 1 saturated heterocycles. The van der Waals surface area contributed by atoms with Crippen LogP contribution >= 0.6 is 11.9 Å². The van der Waals surface area contributed by atoms with Gasteiger partial charge >= 0.3 is 12.0 Å². The highest BCUT2D eigenvalue weighted by molar-refractivity contribution is 7.97. The van der Waals surface area contributed by atoms with Crippen molar-refractivity contribution in [2.75, 3.05) is 11.1 Å². The van der Waals surface area contributed by atoms with Crippen molar-refractivity contribution in [1.29, 1.82) is 0 Å². The summed E-state index contributed by atoms with van der Waals surface area (Å²) in [6, 6.07) is 4.06. The van der Waals surface area contributed by atoms with Crippen LogP contribution in [0.25, 0.3) is 0 Å². The van der Waals surface area contributed by atoms with Crippen LogP contribution < -0.4 is 21.7 Å². The fraction of sp³-hybridized carbons (Fsp3) is 0.533. The Hall–Kier alpha value is -1.50. The zero-order chi connectivity index (χ0) is 19.3.